The van der Waals surface area contributed by atoms with E-state index >= 15 is 0 Å². The van der Waals surface area contributed by atoms with E-state index in [1.54, 1.807) is 12.3 Å². The first-order valence-corrected chi connectivity index (χ1v) is 15.8. The zero-order valence-corrected chi connectivity index (χ0v) is 25.2. The molecule has 41 heavy (non-hydrogen) atoms. The minimum absolute atomic E-state index is 0.0327. The van der Waals surface area contributed by atoms with Gasteiger partial charge in [0.25, 0.3) is 5.91 Å². The Morgan fingerprint density at radius 2 is 1.85 bits per heavy atom. The maximum absolute atomic E-state index is 13.6. The summed E-state index contributed by atoms with van der Waals surface area (Å²) in [6.07, 6.45) is 8.34. The maximum atomic E-state index is 13.6. The van der Waals surface area contributed by atoms with E-state index in [0.29, 0.717) is 5.92 Å². The van der Waals surface area contributed by atoms with Gasteiger partial charge >= 0.3 is 0 Å². The third kappa shape index (κ3) is 6.31. The molecule has 2 aliphatic rings. The van der Waals surface area contributed by atoms with Gasteiger partial charge < -0.3 is 15.2 Å². The molecule has 1 fully saturated rings. The number of benzene rings is 1. The Morgan fingerprint density at radius 3 is 2.56 bits per heavy atom. The summed E-state index contributed by atoms with van der Waals surface area (Å²) in [7, 11) is 0. The molecule has 1 saturated heterocycles. The second-order valence-corrected chi connectivity index (χ2v) is 13.9. The Kier molecular flexibility index (Phi) is 7.84. The molecule has 214 valence electrons. The first-order chi connectivity index (χ1) is 19.7. The Morgan fingerprint density at radius 1 is 1.10 bits per heavy atom. The predicted molar refractivity (Wildman–Crippen MR) is 168 cm³/mol. The zero-order valence-electron chi connectivity index (χ0n) is 24.3. The molecular weight excluding hydrogens is 528 g/mol. The number of fused-ring (bicyclic) bond motifs is 2. The van der Waals surface area contributed by atoms with Gasteiger partial charge in [-0.1, -0.05) is 45.0 Å². The molecule has 6 nitrogen and oxygen atoms in total. The summed E-state index contributed by atoms with van der Waals surface area (Å²) in [5.41, 5.74) is 5.81. The Hall–Kier alpha value is -3.29. The first kappa shape index (κ1) is 27.9. The highest BCUT2D eigenvalue weighted by atomic mass is 32.1. The molecule has 6 rings (SSSR count). The van der Waals surface area contributed by atoms with Crippen LogP contribution in [0.3, 0.4) is 0 Å². The average Bonchev–Trinajstić information content (AvgIpc) is 3.63. The molecule has 1 aromatic carbocycles. The van der Waals surface area contributed by atoms with Crippen LogP contribution in [0, 0.1) is 11.3 Å². The quantitative estimate of drug-likeness (QED) is 0.258. The van der Waals surface area contributed by atoms with E-state index < -0.39 is 0 Å². The van der Waals surface area contributed by atoms with Gasteiger partial charge in [-0.15, -0.1) is 11.3 Å². The van der Waals surface area contributed by atoms with Gasteiger partial charge in [0.1, 0.15) is 4.83 Å². The number of aromatic nitrogens is 2. The van der Waals surface area contributed by atoms with E-state index in [2.05, 4.69) is 66.3 Å². The van der Waals surface area contributed by atoms with E-state index in [-0.39, 0.29) is 22.9 Å². The number of thiophene rings is 1. The number of amides is 1. The summed E-state index contributed by atoms with van der Waals surface area (Å²) in [5, 5.41) is 4.44. The van der Waals surface area contributed by atoms with Gasteiger partial charge in [-0.05, 0) is 103 Å². The number of rotatable bonds is 7. The van der Waals surface area contributed by atoms with E-state index in [1.807, 2.05) is 12.1 Å². The summed E-state index contributed by atoms with van der Waals surface area (Å²) < 4.78 is 0. The summed E-state index contributed by atoms with van der Waals surface area (Å²) in [4.78, 5) is 37.0. The van der Waals surface area contributed by atoms with Gasteiger partial charge in [0, 0.05) is 29.9 Å². The highest BCUT2D eigenvalue weighted by molar-refractivity contribution is 7.20. The van der Waals surface area contributed by atoms with Gasteiger partial charge in [0.2, 0.25) is 5.56 Å². The molecule has 0 bridgehead atoms. The molecule has 2 N–H and O–H groups in total. The molecule has 3 aromatic heterocycles. The van der Waals surface area contributed by atoms with Crippen molar-refractivity contribution in [2.45, 2.75) is 65.3 Å². The summed E-state index contributed by atoms with van der Waals surface area (Å²) in [6.45, 7) is 10.2. The minimum atomic E-state index is -0.110. The zero-order chi connectivity index (χ0) is 28.6. The molecule has 4 aromatic rings. The Bertz CT molecular complexity index is 1570. The van der Waals surface area contributed by atoms with Crippen LogP contribution in [0.2, 0.25) is 0 Å². The van der Waals surface area contributed by atoms with Crippen LogP contribution in [0.5, 0.6) is 0 Å². The van der Waals surface area contributed by atoms with Gasteiger partial charge in [0.05, 0.1) is 10.9 Å². The lowest BCUT2D eigenvalue weighted by Crippen LogP contribution is -2.31. The van der Waals surface area contributed by atoms with Crippen molar-refractivity contribution >= 4 is 27.5 Å². The number of carbonyl (C=O) groups excluding carboxylic acids is 1. The number of carbonyl (C=O) groups is 1. The average molecular weight is 569 g/mol. The Labute approximate surface area is 246 Å². The number of H-pyrrole nitrogens is 1. The largest absolute Gasteiger partial charge is 0.344 e. The molecule has 2 atom stereocenters. The molecule has 7 heteroatoms. The Balaban J connectivity index is 1.22. The van der Waals surface area contributed by atoms with Gasteiger partial charge in [0.15, 0.2) is 0 Å². The third-order valence-electron chi connectivity index (χ3n) is 8.99. The molecular formula is C34H40N4O2S. The topological polar surface area (TPSA) is 78.1 Å². The third-order valence-corrected chi connectivity index (χ3v) is 10.0. The first-order valence-electron chi connectivity index (χ1n) is 15.0. The van der Waals surface area contributed by atoms with Crippen molar-refractivity contribution in [3.8, 4) is 11.1 Å². The summed E-state index contributed by atoms with van der Waals surface area (Å²) in [5.74, 6) is 0.622. The molecule has 1 aliphatic heterocycles. The number of nitrogens with zero attached hydrogens (tertiary/aromatic N) is 2. The van der Waals surface area contributed by atoms with Crippen molar-refractivity contribution in [3.05, 3.63) is 86.8 Å². The molecule has 0 radical (unpaired) electrons. The molecule has 0 spiro atoms. The smallest absolute Gasteiger partial charge is 0.261 e. The van der Waals surface area contributed by atoms with Crippen LogP contribution < -0.4 is 10.9 Å². The van der Waals surface area contributed by atoms with Crippen LogP contribution in [-0.2, 0) is 12.8 Å². The lowest BCUT2D eigenvalue weighted by Gasteiger charge is -2.34. The SMILES string of the molecule is CC(C)(C)[C@H]1CCc2nc3sc(C(=O)N[C@H](CCN4CCCC4)c4ccc(-c5ccc(=O)[nH]c5)cc4)cc3cc2C1. The van der Waals surface area contributed by atoms with Crippen LogP contribution >= 0.6 is 11.3 Å². The fourth-order valence-corrected chi connectivity index (χ4v) is 7.28. The monoisotopic (exact) mass is 568 g/mol. The minimum Gasteiger partial charge on any atom is -0.344 e. The van der Waals surface area contributed by atoms with Gasteiger partial charge in [-0.25, -0.2) is 4.98 Å². The van der Waals surface area contributed by atoms with Gasteiger partial charge in [-0.2, -0.15) is 0 Å². The highest BCUT2D eigenvalue weighted by Gasteiger charge is 2.30. The van der Waals surface area contributed by atoms with E-state index in [4.69, 9.17) is 4.98 Å². The fraction of sp³-hybridized carbons (Fsp3) is 0.441. The summed E-state index contributed by atoms with van der Waals surface area (Å²) in [6, 6.07) is 15.9. The highest BCUT2D eigenvalue weighted by Crippen LogP contribution is 2.38. The number of pyridine rings is 2. The van der Waals surface area contributed by atoms with E-state index in [0.717, 1.165) is 70.7 Å². The normalized spacial score (nSPS) is 18.4. The lowest BCUT2D eigenvalue weighted by atomic mass is 9.71. The molecule has 1 amide bonds. The molecule has 0 unspecified atom stereocenters. The predicted octanol–water partition coefficient (Wildman–Crippen LogP) is 6.76. The summed E-state index contributed by atoms with van der Waals surface area (Å²) >= 11 is 1.50. The maximum Gasteiger partial charge on any atom is 0.261 e. The van der Waals surface area contributed by atoms with Crippen LogP contribution in [0.1, 0.15) is 79.0 Å². The van der Waals surface area contributed by atoms with E-state index in [9.17, 15) is 9.59 Å². The van der Waals surface area contributed by atoms with Crippen molar-refractivity contribution in [2.75, 3.05) is 19.6 Å². The number of aryl methyl sites for hydroxylation is 1. The van der Waals surface area contributed by atoms with Crippen molar-refractivity contribution < 1.29 is 4.79 Å². The number of nitrogens with one attached hydrogen (secondary N) is 2. The second kappa shape index (κ2) is 11.5. The number of hydrogen-bond donors (Lipinski definition) is 2. The van der Waals surface area contributed by atoms with Crippen LogP contribution in [0.4, 0.5) is 0 Å². The standard InChI is InChI=1S/C34H40N4O2S/c1-34(2,3)27-11-12-28-25(19-27)18-26-20-30(41-33(26)37-28)32(40)36-29(14-17-38-15-4-5-16-38)23-8-6-22(7-9-23)24-10-13-31(39)35-21-24/h6-10,13,18,20-21,27,29H,4-5,11-12,14-17,19H2,1-3H3,(H,35,39)(H,36,40)/t27-,29+/m0/s1. The van der Waals surface area contributed by atoms with Crippen LogP contribution in [0.15, 0.2) is 59.5 Å². The van der Waals surface area contributed by atoms with Crippen LogP contribution in [0.25, 0.3) is 21.3 Å². The molecule has 4 heterocycles. The second-order valence-electron chi connectivity index (χ2n) is 12.8. The van der Waals surface area contributed by atoms with Gasteiger partial charge in [-0.3, -0.25) is 9.59 Å². The van der Waals surface area contributed by atoms with Crippen molar-refractivity contribution in [3.63, 3.8) is 0 Å². The fourth-order valence-electron chi connectivity index (χ4n) is 6.34. The van der Waals surface area contributed by atoms with Crippen molar-refractivity contribution in [2.24, 2.45) is 11.3 Å². The van der Waals surface area contributed by atoms with E-state index in [1.165, 1.54) is 41.9 Å². The van der Waals surface area contributed by atoms with Crippen LogP contribution in [-0.4, -0.2) is 40.4 Å². The van der Waals surface area contributed by atoms with Crippen molar-refractivity contribution in [1.29, 1.82) is 0 Å². The number of likely N-dealkylation sites (tertiary alicyclic amines) is 1. The number of hydrogen-bond acceptors (Lipinski definition) is 5. The number of aromatic amines is 1. The van der Waals surface area contributed by atoms with Crippen molar-refractivity contribution in [1.82, 2.24) is 20.2 Å². The molecule has 1 aliphatic carbocycles. The molecule has 0 saturated carbocycles. The lowest BCUT2D eigenvalue weighted by molar-refractivity contribution is 0.0936.